The number of carbonyl (C=O) groups excluding carboxylic acids is 3. The molecule has 78 heavy (non-hydrogen) atoms. The summed E-state index contributed by atoms with van der Waals surface area (Å²) in [6, 6.07) is 11.6. The SMILES string of the molecule is CCCNc1nc(Nc2cccc(F)c2)ncc1C#CCCCNC(=O)[C@H](C)CC.CCCNc1nc(Nc2cccc(F)c2)ncc1C#CCCCNC(=O)[C@H](C)N(C)C(=O)OC(C)(C)C.F.FF.FF.FF.FF.FF. The fourth-order valence-corrected chi connectivity index (χ4v) is 5.48. The summed E-state index contributed by atoms with van der Waals surface area (Å²) >= 11 is 0. The van der Waals surface area contributed by atoms with Crippen LogP contribution in [0.5, 0.6) is 0 Å². The van der Waals surface area contributed by atoms with Gasteiger partial charge in [-0.1, -0.05) is 63.5 Å². The van der Waals surface area contributed by atoms with Crippen LogP contribution < -0.4 is 31.9 Å². The number of aromatic nitrogens is 4. The van der Waals surface area contributed by atoms with E-state index in [4.69, 9.17) is 50.5 Å². The monoisotopic (exact) mass is 1130 g/mol. The third-order valence-electron chi connectivity index (χ3n) is 9.53. The maximum absolute atomic E-state index is 13.5. The van der Waals surface area contributed by atoms with Crippen molar-refractivity contribution in [2.45, 2.75) is 112 Å². The molecule has 0 spiro atoms. The Kier molecular flexibility index (Phi) is 46.9. The van der Waals surface area contributed by atoms with Crippen LogP contribution in [0.3, 0.4) is 0 Å². The molecule has 0 unspecified atom stereocenters. The van der Waals surface area contributed by atoms with E-state index in [1.165, 1.54) is 36.2 Å². The zero-order valence-electron chi connectivity index (χ0n) is 44.5. The summed E-state index contributed by atoms with van der Waals surface area (Å²) in [6.45, 7) is 17.5. The summed E-state index contributed by atoms with van der Waals surface area (Å²) < 4.78 is 112. The molecule has 6 N–H and O–H groups in total. The second-order valence-electron chi connectivity index (χ2n) is 16.5. The number of hydrogen-bond donors (Lipinski definition) is 6. The van der Waals surface area contributed by atoms with Gasteiger partial charge in [0, 0.05) is 109 Å². The van der Waals surface area contributed by atoms with Crippen molar-refractivity contribution in [1.29, 1.82) is 0 Å². The first-order valence-corrected chi connectivity index (χ1v) is 23.5. The minimum atomic E-state index is -0.662. The van der Waals surface area contributed by atoms with Gasteiger partial charge in [0.25, 0.3) is 0 Å². The Balaban J connectivity index is -0.000000606. The number of nitrogens with one attached hydrogen (secondary N) is 6. The highest BCUT2D eigenvalue weighted by Crippen LogP contribution is 2.20. The topological polar surface area (TPSA) is 187 Å². The van der Waals surface area contributed by atoms with E-state index in [0.717, 1.165) is 32.2 Å². The van der Waals surface area contributed by atoms with E-state index in [1.54, 1.807) is 64.4 Å². The van der Waals surface area contributed by atoms with Gasteiger partial charge in [-0.05, 0) is 96.2 Å². The summed E-state index contributed by atoms with van der Waals surface area (Å²) in [6.07, 6.45) is 8.05. The van der Waals surface area contributed by atoms with Crippen LogP contribution in [0.2, 0.25) is 0 Å². The van der Waals surface area contributed by atoms with Gasteiger partial charge in [0.15, 0.2) is 0 Å². The Hall–Kier alpha value is -7.78. The molecule has 0 aliphatic heterocycles. The first kappa shape index (κ1) is 76.7. The van der Waals surface area contributed by atoms with Crippen LogP contribution in [0.25, 0.3) is 0 Å². The molecule has 0 bridgehead atoms. The quantitative estimate of drug-likeness (QED) is 0.0280. The number of rotatable bonds is 20. The maximum atomic E-state index is 13.5. The maximum Gasteiger partial charge on any atom is 0.410 e. The molecule has 3 amide bonds. The fraction of sp³-hybridized carbons (Fsp3) is 0.460. The van der Waals surface area contributed by atoms with Gasteiger partial charge in [-0.2, -0.15) is 9.97 Å². The van der Waals surface area contributed by atoms with Crippen molar-refractivity contribution in [3.8, 4) is 23.7 Å². The van der Waals surface area contributed by atoms with Gasteiger partial charge < -0.3 is 36.6 Å². The van der Waals surface area contributed by atoms with Crippen molar-refractivity contribution >= 4 is 52.8 Å². The van der Waals surface area contributed by atoms with Crippen LogP contribution >= 0.6 is 0 Å². The number of anilines is 6. The van der Waals surface area contributed by atoms with Crippen LogP contribution in [0.1, 0.15) is 111 Å². The molecule has 0 radical (unpaired) electrons. The molecule has 0 saturated carbocycles. The predicted molar refractivity (Wildman–Crippen MR) is 276 cm³/mol. The van der Waals surface area contributed by atoms with Crippen molar-refractivity contribution in [2.75, 3.05) is 54.5 Å². The molecular weight excluding hydrogens is 1070 g/mol. The highest BCUT2D eigenvalue weighted by atomic mass is 20.0. The van der Waals surface area contributed by atoms with E-state index in [-0.39, 0.29) is 34.1 Å². The zero-order chi connectivity index (χ0) is 59.2. The summed E-state index contributed by atoms with van der Waals surface area (Å²) in [5.74, 6) is 13.5. The molecule has 0 aliphatic rings. The number of amides is 3. The van der Waals surface area contributed by atoms with Crippen molar-refractivity contribution < 1.29 is 78.3 Å². The molecule has 2 aromatic heterocycles. The van der Waals surface area contributed by atoms with Gasteiger partial charge >= 0.3 is 6.09 Å². The number of unbranched alkanes of at least 4 members (excludes halogenated alkanes) is 2. The minimum Gasteiger partial charge on any atom is -0.444 e. The number of likely N-dealkylation sites (N-methyl/N-ethyl adjacent to an activating group) is 1. The average Bonchev–Trinajstić information content (AvgIpc) is 3.44. The Morgan fingerprint density at radius 3 is 1.40 bits per heavy atom. The van der Waals surface area contributed by atoms with Gasteiger partial charge in [0.2, 0.25) is 23.7 Å². The number of benzene rings is 2. The van der Waals surface area contributed by atoms with Crippen molar-refractivity contribution in [3.05, 3.63) is 83.7 Å². The largest absolute Gasteiger partial charge is 0.444 e. The normalized spacial score (nSPS) is 10.2. The number of carbonyl (C=O) groups is 3. The fourth-order valence-electron chi connectivity index (χ4n) is 5.48. The molecule has 2 atom stereocenters. The van der Waals surface area contributed by atoms with E-state index in [0.29, 0.717) is 84.9 Å². The molecule has 0 saturated heterocycles. The van der Waals surface area contributed by atoms with Crippen LogP contribution in [-0.4, -0.2) is 87.6 Å². The Morgan fingerprint density at radius 2 is 1.04 bits per heavy atom. The second kappa shape index (κ2) is 47.7. The molecule has 2 heterocycles. The molecule has 2 aromatic carbocycles. The molecule has 0 fully saturated rings. The van der Waals surface area contributed by atoms with Gasteiger partial charge in [-0.3, -0.25) is 19.2 Å². The average molecular weight is 1130 g/mol. The predicted octanol–water partition coefficient (Wildman–Crippen LogP) is 13.5. The smallest absolute Gasteiger partial charge is 0.410 e. The molecule has 15 nitrogen and oxygen atoms in total. The lowest BCUT2D eigenvalue weighted by Gasteiger charge is -2.28. The van der Waals surface area contributed by atoms with Crippen LogP contribution in [0, 0.1) is 41.2 Å². The molecule has 4 aromatic rings. The molecule has 28 heteroatoms. The first-order valence-electron chi connectivity index (χ1n) is 23.5. The van der Waals surface area contributed by atoms with E-state index < -0.39 is 17.7 Å². The molecular formula is C50H68F13N11O4. The summed E-state index contributed by atoms with van der Waals surface area (Å²) in [5, 5.41) is 18.3. The number of hydrogen-bond acceptors (Lipinski definition) is 12. The lowest BCUT2D eigenvalue weighted by Crippen LogP contribution is -2.47. The number of ether oxygens (including phenoxy) is 1. The Morgan fingerprint density at radius 1 is 0.641 bits per heavy atom. The molecule has 4 rings (SSSR count). The second-order valence-corrected chi connectivity index (χ2v) is 16.5. The highest BCUT2D eigenvalue weighted by molar-refractivity contribution is 5.85. The van der Waals surface area contributed by atoms with Gasteiger partial charge in [0.1, 0.15) is 34.9 Å². The van der Waals surface area contributed by atoms with Crippen LogP contribution in [-0.2, 0) is 14.3 Å². The van der Waals surface area contributed by atoms with Crippen molar-refractivity contribution in [1.82, 2.24) is 35.5 Å². The summed E-state index contributed by atoms with van der Waals surface area (Å²) in [4.78, 5) is 55.1. The van der Waals surface area contributed by atoms with Gasteiger partial charge in [-0.15, -0.1) is 0 Å². The van der Waals surface area contributed by atoms with E-state index in [9.17, 15) is 23.2 Å². The molecule has 438 valence electrons. The van der Waals surface area contributed by atoms with Crippen LogP contribution in [0.4, 0.5) is 98.9 Å². The zero-order valence-corrected chi connectivity index (χ0v) is 44.5. The van der Waals surface area contributed by atoms with Crippen molar-refractivity contribution in [3.63, 3.8) is 0 Å². The van der Waals surface area contributed by atoms with E-state index in [2.05, 4.69) is 82.4 Å². The number of halogens is 13. The van der Waals surface area contributed by atoms with E-state index in [1.807, 2.05) is 20.8 Å². The minimum absolute atomic E-state index is 0. The van der Waals surface area contributed by atoms with Gasteiger partial charge in [0.05, 0.1) is 23.5 Å². The van der Waals surface area contributed by atoms with Crippen LogP contribution in [0.15, 0.2) is 60.9 Å². The van der Waals surface area contributed by atoms with Crippen molar-refractivity contribution in [2.24, 2.45) is 5.92 Å². The third-order valence-corrected chi connectivity index (χ3v) is 9.53. The lowest BCUT2D eigenvalue weighted by molar-refractivity contribution is -0.125. The summed E-state index contributed by atoms with van der Waals surface area (Å²) in [5.41, 5.74) is 1.85. The molecule has 0 aliphatic carbocycles. The Labute approximate surface area is 445 Å². The first-order chi connectivity index (χ1) is 37.0. The number of nitrogens with zero attached hydrogens (tertiary/aromatic N) is 5. The Bertz CT molecular complexity index is 2370. The standard InChI is InChI=1S/C27H37FN6O3.C23H30FN5O.5F2.FH/c1-7-15-29-23-20(18-31-25(33-23)32-22-14-11-13-21(28)17-22)12-9-8-10-16-30-24(35)19(2)34(6)26(36)37-27(3,4)5;1-4-13-25-21-18(10-7-6-8-14-26-22(30)17(3)5-2)16-27-23(29-21)28-20-12-9-11-19(24)15-20;5*1-2;/h11,13-14,17-19H,7-8,10,15-16H2,1-6H3,(H,30,35)(H2,29,31,32,33);9,11-12,15-17H,4-6,8,13-14H2,1-3H3,(H,26,30)(H2,25,27,28,29);;;;;;1H/t19-;17-;;;;;;/m01....../s1. The highest BCUT2D eigenvalue weighted by Gasteiger charge is 2.26. The third kappa shape index (κ3) is 34.0. The van der Waals surface area contributed by atoms with Gasteiger partial charge in [-0.25, -0.2) is 23.5 Å². The summed E-state index contributed by atoms with van der Waals surface area (Å²) in [7, 11) is 1.54. The lowest BCUT2D eigenvalue weighted by atomic mass is 10.1. The van der Waals surface area contributed by atoms with E-state index >= 15 is 0 Å².